The van der Waals surface area contributed by atoms with E-state index in [0.29, 0.717) is 12.5 Å². The normalized spacial score (nSPS) is 13.1. The number of carbonyl (C=O) groups is 1. The van der Waals surface area contributed by atoms with E-state index in [1.54, 1.807) is 19.9 Å². The van der Waals surface area contributed by atoms with Crippen LogP contribution in [0.4, 0.5) is 4.79 Å². The second-order valence-electron chi connectivity index (χ2n) is 4.36. The van der Waals surface area contributed by atoms with Crippen LogP contribution < -0.4 is 0 Å². The van der Waals surface area contributed by atoms with Crippen LogP contribution in [-0.4, -0.2) is 18.4 Å². The first-order valence-electron chi connectivity index (χ1n) is 5.40. The molecule has 0 aromatic rings. The van der Waals surface area contributed by atoms with Crippen molar-refractivity contribution in [2.75, 3.05) is 6.61 Å². The highest BCUT2D eigenvalue weighted by molar-refractivity contribution is 5.60. The van der Waals surface area contributed by atoms with E-state index in [2.05, 4.69) is 20.4 Å². The third-order valence-corrected chi connectivity index (χ3v) is 2.11. The molecule has 0 aliphatic carbocycles. The van der Waals surface area contributed by atoms with E-state index in [-0.39, 0.29) is 0 Å². The highest BCUT2D eigenvalue weighted by Crippen LogP contribution is 2.12. The average Bonchev–Trinajstić information content (AvgIpc) is 2.15. The van der Waals surface area contributed by atoms with Crippen molar-refractivity contribution in [1.82, 2.24) is 0 Å². The molecule has 0 amide bonds. The van der Waals surface area contributed by atoms with Gasteiger partial charge in [0.25, 0.3) is 0 Å². The van der Waals surface area contributed by atoms with Crippen molar-refractivity contribution in [3.05, 3.63) is 12.7 Å². The summed E-state index contributed by atoms with van der Waals surface area (Å²) >= 11 is 0. The molecule has 0 aliphatic heterocycles. The highest BCUT2D eigenvalue weighted by Gasteiger charge is 2.19. The zero-order valence-corrected chi connectivity index (χ0v) is 10.2. The quantitative estimate of drug-likeness (QED) is 0.501. The molecule has 0 heterocycles. The fourth-order valence-electron chi connectivity index (χ4n) is 1.07. The fourth-order valence-corrected chi connectivity index (χ4v) is 1.07. The molecule has 0 bridgehead atoms. The Kier molecular flexibility index (Phi) is 6.06. The number of ether oxygens (including phenoxy) is 2. The van der Waals surface area contributed by atoms with Crippen molar-refractivity contribution in [2.24, 2.45) is 5.92 Å². The highest BCUT2D eigenvalue weighted by atomic mass is 16.7. The summed E-state index contributed by atoms with van der Waals surface area (Å²) in [5.41, 5.74) is -0.662. The third kappa shape index (κ3) is 7.00. The van der Waals surface area contributed by atoms with Crippen molar-refractivity contribution in [3.8, 4) is 0 Å². The zero-order valence-electron chi connectivity index (χ0n) is 10.2. The van der Waals surface area contributed by atoms with E-state index in [0.717, 1.165) is 12.8 Å². The van der Waals surface area contributed by atoms with Crippen LogP contribution in [-0.2, 0) is 9.47 Å². The summed E-state index contributed by atoms with van der Waals surface area (Å²) in [4.78, 5) is 11.2. The first-order valence-corrected chi connectivity index (χ1v) is 5.40. The zero-order chi connectivity index (χ0) is 11.9. The Morgan fingerprint density at radius 1 is 1.53 bits per heavy atom. The SMILES string of the molecule is C=CC(C)(C)OC(=O)OCC(C)CCC. The molecule has 0 spiro atoms. The van der Waals surface area contributed by atoms with Crippen LogP contribution in [0, 0.1) is 5.92 Å². The predicted octanol–water partition coefficient (Wildman–Crippen LogP) is 3.54. The van der Waals surface area contributed by atoms with Gasteiger partial charge in [0.2, 0.25) is 0 Å². The number of hydrogen-bond acceptors (Lipinski definition) is 3. The number of rotatable bonds is 6. The molecular weight excluding hydrogens is 192 g/mol. The first kappa shape index (κ1) is 14.0. The monoisotopic (exact) mass is 214 g/mol. The van der Waals surface area contributed by atoms with E-state index in [9.17, 15) is 4.79 Å². The Labute approximate surface area is 92.5 Å². The lowest BCUT2D eigenvalue weighted by molar-refractivity contribution is -0.000389. The molecule has 0 aromatic carbocycles. The molecular formula is C12H22O3. The molecule has 0 rings (SSSR count). The second kappa shape index (κ2) is 6.49. The van der Waals surface area contributed by atoms with E-state index >= 15 is 0 Å². The number of carbonyl (C=O) groups excluding carboxylic acids is 1. The summed E-state index contributed by atoms with van der Waals surface area (Å²) < 4.78 is 10.0. The average molecular weight is 214 g/mol. The molecule has 0 aromatic heterocycles. The van der Waals surface area contributed by atoms with Crippen molar-refractivity contribution in [3.63, 3.8) is 0 Å². The van der Waals surface area contributed by atoms with Crippen LogP contribution in [0.25, 0.3) is 0 Å². The summed E-state index contributed by atoms with van der Waals surface area (Å²) in [7, 11) is 0. The van der Waals surface area contributed by atoms with Crippen LogP contribution in [0.5, 0.6) is 0 Å². The van der Waals surface area contributed by atoms with Crippen molar-refractivity contribution >= 4 is 6.16 Å². The van der Waals surface area contributed by atoms with Gasteiger partial charge in [-0.1, -0.05) is 26.8 Å². The van der Waals surface area contributed by atoms with Gasteiger partial charge in [0.1, 0.15) is 5.60 Å². The van der Waals surface area contributed by atoms with Crippen molar-refractivity contribution in [1.29, 1.82) is 0 Å². The molecule has 3 heteroatoms. The number of hydrogen-bond donors (Lipinski definition) is 0. The van der Waals surface area contributed by atoms with Crippen LogP contribution >= 0.6 is 0 Å². The summed E-state index contributed by atoms with van der Waals surface area (Å²) in [6, 6.07) is 0. The Morgan fingerprint density at radius 3 is 2.60 bits per heavy atom. The third-order valence-electron chi connectivity index (χ3n) is 2.11. The molecule has 0 saturated carbocycles. The lowest BCUT2D eigenvalue weighted by Crippen LogP contribution is -2.26. The van der Waals surface area contributed by atoms with Gasteiger partial charge in [-0.2, -0.15) is 0 Å². The molecule has 1 atom stereocenters. The minimum Gasteiger partial charge on any atom is -0.434 e. The summed E-state index contributed by atoms with van der Waals surface area (Å²) in [6.07, 6.45) is 3.10. The molecule has 0 saturated heterocycles. The molecule has 0 radical (unpaired) electrons. The molecule has 0 N–H and O–H groups in total. The maximum absolute atomic E-state index is 11.2. The van der Waals surface area contributed by atoms with E-state index in [1.807, 2.05) is 0 Å². The molecule has 1 unspecified atom stereocenters. The summed E-state index contributed by atoms with van der Waals surface area (Å²) in [6.45, 7) is 11.7. The van der Waals surface area contributed by atoms with E-state index in [1.165, 1.54) is 0 Å². The standard InChI is InChI=1S/C12H22O3/c1-6-8-10(3)9-14-11(13)15-12(4,5)7-2/h7,10H,2,6,8-9H2,1,3-5H3. The van der Waals surface area contributed by atoms with Gasteiger partial charge in [-0.3, -0.25) is 0 Å². The molecule has 88 valence electrons. The van der Waals surface area contributed by atoms with Gasteiger partial charge >= 0.3 is 6.16 Å². The Morgan fingerprint density at radius 2 is 2.13 bits per heavy atom. The van der Waals surface area contributed by atoms with Gasteiger partial charge in [-0.25, -0.2) is 4.79 Å². The Hall–Kier alpha value is -0.990. The minimum atomic E-state index is -0.662. The maximum Gasteiger partial charge on any atom is 0.509 e. The summed E-state index contributed by atoms with van der Waals surface area (Å²) in [5, 5.41) is 0. The maximum atomic E-state index is 11.2. The van der Waals surface area contributed by atoms with Gasteiger partial charge in [0.05, 0.1) is 6.61 Å². The minimum absolute atomic E-state index is 0.384. The van der Waals surface area contributed by atoms with E-state index < -0.39 is 11.8 Å². The fraction of sp³-hybridized carbons (Fsp3) is 0.750. The molecule has 15 heavy (non-hydrogen) atoms. The van der Waals surface area contributed by atoms with E-state index in [4.69, 9.17) is 9.47 Å². The van der Waals surface area contributed by atoms with Gasteiger partial charge in [-0.15, -0.1) is 0 Å². The molecule has 3 nitrogen and oxygen atoms in total. The van der Waals surface area contributed by atoms with Gasteiger partial charge in [0.15, 0.2) is 0 Å². The smallest absolute Gasteiger partial charge is 0.434 e. The van der Waals surface area contributed by atoms with Gasteiger partial charge in [0, 0.05) is 0 Å². The Bertz CT molecular complexity index is 209. The van der Waals surface area contributed by atoms with Crippen molar-refractivity contribution in [2.45, 2.75) is 46.1 Å². The lowest BCUT2D eigenvalue weighted by Gasteiger charge is -2.20. The molecule has 0 aliphatic rings. The lowest BCUT2D eigenvalue weighted by atomic mass is 10.1. The van der Waals surface area contributed by atoms with Crippen molar-refractivity contribution < 1.29 is 14.3 Å². The molecule has 0 fully saturated rings. The largest absolute Gasteiger partial charge is 0.509 e. The topological polar surface area (TPSA) is 35.5 Å². The van der Waals surface area contributed by atoms with Crippen LogP contribution in [0.15, 0.2) is 12.7 Å². The second-order valence-corrected chi connectivity index (χ2v) is 4.36. The van der Waals surface area contributed by atoms with Crippen LogP contribution in [0.2, 0.25) is 0 Å². The van der Waals surface area contributed by atoms with Gasteiger partial charge < -0.3 is 9.47 Å². The predicted molar refractivity (Wildman–Crippen MR) is 60.8 cm³/mol. The Balaban J connectivity index is 3.80. The van der Waals surface area contributed by atoms with Crippen LogP contribution in [0.3, 0.4) is 0 Å². The van der Waals surface area contributed by atoms with Gasteiger partial charge in [-0.05, 0) is 32.3 Å². The first-order chi connectivity index (χ1) is 6.91. The summed E-state index contributed by atoms with van der Waals surface area (Å²) in [5.74, 6) is 0.384. The van der Waals surface area contributed by atoms with Crippen LogP contribution in [0.1, 0.15) is 40.5 Å².